The van der Waals surface area contributed by atoms with Crippen molar-refractivity contribution in [3.05, 3.63) is 23.8 Å². The summed E-state index contributed by atoms with van der Waals surface area (Å²) in [4.78, 5) is 24.0. The molecule has 1 aliphatic rings. The first kappa shape index (κ1) is 26.9. The molecule has 10 nitrogen and oxygen atoms in total. The molecule has 11 heteroatoms. The van der Waals surface area contributed by atoms with Crippen LogP contribution in [-0.4, -0.2) is 68.8 Å². The molecule has 0 radical (unpaired) electrons. The van der Waals surface area contributed by atoms with Crippen LogP contribution >= 0.6 is 0 Å². The Hall–Kier alpha value is -2.37. The van der Waals surface area contributed by atoms with E-state index in [0.29, 0.717) is 29.9 Å². The molecule has 0 saturated heterocycles. The maximum atomic E-state index is 12.4. The summed E-state index contributed by atoms with van der Waals surface area (Å²) in [5.41, 5.74) is -0.133. The van der Waals surface area contributed by atoms with Gasteiger partial charge < -0.3 is 24.1 Å². The fraction of sp³-hybridized carbons (Fsp3) is 0.636. The van der Waals surface area contributed by atoms with Gasteiger partial charge >= 0.3 is 11.9 Å². The van der Waals surface area contributed by atoms with Gasteiger partial charge in [0.05, 0.1) is 5.75 Å². The van der Waals surface area contributed by atoms with Crippen LogP contribution in [0.2, 0.25) is 0 Å². The van der Waals surface area contributed by atoms with Crippen molar-refractivity contribution in [2.75, 3.05) is 19.5 Å². The Kier molecular flexibility index (Phi) is 9.10. The van der Waals surface area contributed by atoms with Crippen LogP contribution in [0.25, 0.3) is 0 Å². The molecule has 3 atom stereocenters. The smallest absolute Gasteiger partial charge is 0.339 e. The minimum Gasteiger partial charge on any atom is -0.486 e. The van der Waals surface area contributed by atoms with Crippen molar-refractivity contribution in [2.24, 2.45) is 0 Å². The lowest BCUT2D eigenvalue weighted by Crippen LogP contribution is -2.47. The van der Waals surface area contributed by atoms with Crippen LogP contribution in [0.1, 0.15) is 46.1 Å². The van der Waals surface area contributed by atoms with Gasteiger partial charge in [-0.2, -0.15) is 0 Å². The Labute approximate surface area is 194 Å². The van der Waals surface area contributed by atoms with Crippen LogP contribution < -0.4 is 14.2 Å². The van der Waals surface area contributed by atoms with Gasteiger partial charge in [-0.15, -0.1) is 0 Å². The SMILES string of the molecule is CCCCS(=O)(=O)NC(Cc1ccc2c(c1)OCC(C(OC)C(=O)OC(C)(C)C)O2)C(=O)O. The van der Waals surface area contributed by atoms with E-state index in [4.69, 9.17) is 18.9 Å². The minimum atomic E-state index is -3.71. The number of carboxylic acids is 1. The molecule has 1 aromatic carbocycles. The van der Waals surface area contributed by atoms with E-state index in [1.807, 2.05) is 6.92 Å². The number of aliphatic carboxylic acids is 1. The molecule has 2 rings (SSSR count). The summed E-state index contributed by atoms with van der Waals surface area (Å²) in [5, 5.41) is 9.48. The van der Waals surface area contributed by atoms with Crippen LogP contribution in [0.4, 0.5) is 0 Å². The molecular formula is C22H33NO9S. The number of benzene rings is 1. The van der Waals surface area contributed by atoms with E-state index in [2.05, 4.69) is 4.72 Å². The lowest BCUT2D eigenvalue weighted by molar-refractivity contribution is -0.174. The zero-order valence-corrected chi connectivity index (χ0v) is 20.4. The summed E-state index contributed by atoms with van der Waals surface area (Å²) in [5.74, 6) is -1.26. The molecule has 3 unspecified atom stereocenters. The monoisotopic (exact) mass is 487 g/mol. The second kappa shape index (κ2) is 11.2. The summed E-state index contributed by atoms with van der Waals surface area (Å²) in [6.07, 6.45) is -0.677. The van der Waals surface area contributed by atoms with Gasteiger partial charge in [0, 0.05) is 7.11 Å². The molecule has 0 amide bonds. The Morgan fingerprint density at radius 3 is 2.55 bits per heavy atom. The fourth-order valence-electron chi connectivity index (χ4n) is 3.19. The van der Waals surface area contributed by atoms with Gasteiger partial charge in [-0.1, -0.05) is 19.4 Å². The first-order valence-electron chi connectivity index (χ1n) is 10.8. The number of hydrogen-bond acceptors (Lipinski definition) is 8. The van der Waals surface area contributed by atoms with Crippen molar-refractivity contribution in [3.63, 3.8) is 0 Å². The maximum Gasteiger partial charge on any atom is 0.339 e. The summed E-state index contributed by atoms with van der Waals surface area (Å²) in [6.45, 7) is 7.12. The molecule has 33 heavy (non-hydrogen) atoms. The highest BCUT2D eigenvalue weighted by Gasteiger charge is 2.37. The zero-order chi connectivity index (χ0) is 24.8. The van der Waals surface area contributed by atoms with Crippen molar-refractivity contribution in [2.45, 2.75) is 70.8 Å². The van der Waals surface area contributed by atoms with Gasteiger partial charge in [0.25, 0.3) is 0 Å². The van der Waals surface area contributed by atoms with E-state index in [9.17, 15) is 23.1 Å². The second-order valence-corrected chi connectivity index (χ2v) is 10.7. The predicted molar refractivity (Wildman–Crippen MR) is 120 cm³/mol. The van der Waals surface area contributed by atoms with Gasteiger partial charge in [-0.25, -0.2) is 17.9 Å². The van der Waals surface area contributed by atoms with E-state index in [-0.39, 0.29) is 18.8 Å². The van der Waals surface area contributed by atoms with Gasteiger partial charge in [0.1, 0.15) is 18.2 Å². The van der Waals surface area contributed by atoms with Crippen molar-refractivity contribution in [3.8, 4) is 11.5 Å². The molecular weight excluding hydrogens is 454 g/mol. The molecule has 2 N–H and O–H groups in total. The topological polar surface area (TPSA) is 137 Å². The molecule has 0 aliphatic carbocycles. The maximum absolute atomic E-state index is 12.4. The highest BCUT2D eigenvalue weighted by molar-refractivity contribution is 7.89. The molecule has 0 bridgehead atoms. The average Bonchev–Trinajstić information content (AvgIpc) is 2.71. The minimum absolute atomic E-state index is 0.0141. The third-order valence-corrected chi connectivity index (χ3v) is 6.22. The molecule has 1 aliphatic heterocycles. The number of hydrogen-bond donors (Lipinski definition) is 2. The van der Waals surface area contributed by atoms with Crippen molar-refractivity contribution in [1.82, 2.24) is 4.72 Å². The van der Waals surface area contributed by atoms with Crippen molar-refractivity contribution in [1.29, 1.82) is 0 Å². The molecule has 0 saturated carbocycles. The van der Waals surface area contributed by atoms with E-state index < -0.39 is 45.8 Å². The Balaban J connectivity index is 2.10. The van der Waals surface area contributed by atoms with Crippen molar-refractivity contribution >= 4 is 22.0 Å². The lowest BCUT2D eigenvalue weighted by Gasteiger charge is -2.32. The summed E-state index contributed by atoms with van der Waals surface area (Å²) < 4.78 is 48.8. The largest absolute Gasteiger partial charge is 0.486 e. The van der Waals surface area contributed by atoms with Crippen LogP contribution in [0.5, 0.6) is 11.5 Å². The van der Waals surface area contributed by atoms with Crippen LogP contribution in [0, 0.1) is 0 Å². The highest BCUT2D eigenvalue weighted by Crippen LogP contribution is 2.34. The summed E-state index contributed by atoms with van der Waals surface area (Å²) in [7, 11) is -2.33. The predicted octanol–water partition coefficient (Wildman–Crippen LogP) is 1.90. The number of rotatable bonds is 11. The zero-order valence-electron chi connectivity index (χ0n) is 19.6. The van der Waals surface area contributed by atoms with Gasteiger partial charge in [-0.05, 0) is 51.3 Å². The summed E-state index contributed by atoms with van der Waals surface area (Å²) in [6, 6.07) is 3.49. The van der Waals surface area contributed by atoms with Crippen LogP contribution in [0.15, 0.2) is 18.2 Å². The Bertz CT molecular complexity index is 940. The molecule has 1 heterocycles. The first-order chi connectivity index (χ1) is 15.3. The van der Waals surface area contributed by atoms with E-state index in [0.717, 1.165) is 0 Å². The number of carbonyl (C=O) groups excluding carboxylic acids is 1. The Morgan fingerprint density at radius 2 is 1.97 bits per heavy atom. The molecule has 186 valence electrons. The highest BCUT2D eigenvalue weighted by atomic mass is 32.2. The van der Waals surface area contributed by atoms with Crippen LogP contribution in [-0.2, 0) is 35.5 Å². The molecule has 0 spiro atoms. The van der Waals surface area contributed by atoms with Crippen molar-refractivity contribution < 1.29 is 42.1 Å². The first-order valence-corrected chi connectivity index (χ1v) is 12.4. The average molecular weight is 488 g/mol. The standard InChI is InChI=1S/C22H33NO9S/c1-6-7-10-33(27,28)23-15(20(24)25)11-14-8-9-16-17(12-14)30-13-18(31-16)19(29-5)21(26)32-22(2,3)4/h8-9,12,15,18-19,23H,6-7,10-11,13H2,1-5H3,(H,24,25). The fourth-order valence-corrected chi connectivity index (χ4v) is 4.60. The molecule has 0 aromatic heterocycles. The van der Waals surface area contributed by atoms with E-state index >= 15 is 0 Å². The van der Waals surface area contributed by atoms with Crippen LogP contribution in [0.3, 0.4) is 0 Å². The Morgan fingerprint density at radius 1 is 1.27 bits per heavy atom. The number of methoxy groups -OCH3 is 1. The second-order valence-electron chi connectivity index (χ2n) is 8.82. The number of carbonyl (C=O) groups is 2. The van der Waals surface area contributed by atoms with E-state index in [1.165, 1.54) is 7.11 Å². The number of fused-ring (bicyclic) bond motifs is 1. The molecule has 1 aromatic rings. The third kappa shape index (κ3) is 8.17. The number of nitrogens with one attached hydrogen (secondary N) is 1. The van der Waals surface area contributed by atoms with Gasteiger partial charge in [-0.3, -0.25) is 4.79 Å². The number of carboxylic acid groups (broad SMARTS) is 1. The third-order valence-electron chi connectivity index (χ3n) is 4.75. The quantitative estimate of drug-likeness (QED) is 0.448. The van der Waals surface area contributed by atoms with Gasteiger partial charge in [0.2, 0.25) is 10.0 Å². The number of esters is 1. The number of sulfonamides is 1. The number of unbranched alkanes of at least 4 members (excludes halogenated alkanes) is 1. The number of ether oxygens (including phenoxy) is 4. The summed E-state index contributed by atoms with van der Waals surface area (Å²) >= 11 is 0. The normalized spacial score (nSPS) is 17.8. The molecule has 0 fully saturated rings. The van der Waals surface area contributed by atoms with E-state index in [1.54, 1.807) is 39.0 Å². The lowest BCUT2D eigenvalue weighted by atomic mass is 10.1. The van der Waals surface area contributed by atoms with Gasteiger partial charge in [0.15, 0.2) is 23.7 Å².